The predicted molar refractivity (Wildman–Crippen MR) is 70.4 cm³/mol. The van der Waals surface area contributed by atoms with Crippen LogP contribution in [0.1, 0.15) is 6.42 Å². The van der Waals surface area contributed by atoms with Crippen LogP contribution >= 0.6 is 15.9 Å². The number of likely N-dealkylation sites (tertiary alicyclic amines) is 1. The fraction of sp³-hybridized carbons (Fsp3) is 0.333. The fourth-order valence-electron chi connectivity index (χ4n) is 1.95. The van der Waals surface area contributed by atoms with E-state index in [0.29, 0.717) is 17.4 Å². The molecule has 19 heavy (non-hydrogen) atoms. The van der Waals surface area contributed by atoms with Crippen molar-refractivity contribution in [2.45, 2.75) is 6.42 Å². The highest BCUT2D eigenvalue weighted by Gasteiger charge is 2.31. The molecule has 7 heteroatoms. The maximum Gasteiger partial charge on any atom is 0.321 e. The molecule has 2 rings (SSSR count). The standard InChI is InChI=1S/C12H12BrFN2O3/c13-8-2-1-3-9(14)10(8)15-12(19)16-5-4-7(6-16)11(17)18/h1-3,7H,4-6H2,(H,15,19)(H,17,18). The Labute approximate surface area is 117 Å². The maximum atomic E-state index is 13.5. The Morgan fingerprint density at radius 1 is 1.47 bits per heavy atom. The number of hydrogen-bond acceptors (Lipinski definition) is 2. The van der Waals surface area contributed by atoms with Gasteiger partial charge in [0.1, 0.15) is 5.82 Å². The second-order valence-electron chi connectivity index (χ2n) is 4.30. The van der Waals surface area contributed by atoms with Gasteiger partial charge in [-0.3, -0.25) is 4.79 Å². The summed E-state index contributed by atoms with van der Waals surface area (Å²) in [6, 6.07) is 3.88. The number of hydrogen-bond donors (Lipinski definition) is 2. The molecule has 0 saturated carbocycles. The smallest absolute Gasteiger partial charge is 0.321 e. The largest absolute Gasteiger partial charge is 0.481 e. The molecule has 2 N–H and O–H groups in total. The number of nitrogens with one attached hydrogen (secondary N) is 1. The van der Waals surface area contributed by atoms with Crippen LogP contribution in [0, 0.1) is 11.7 Å². The van der Waals surface area contributed by atoms with Gasteiger partial charge in [0.15, 0.2) is 0 Å². The van der Waals surface area contributed by atoms with Gasteiger partial charge in [-0.1, -0.05) is 6.07 Å². The van der Waals surface area contributed by atoms with E-state index < -0.39 is 23.7 Å². The SMILES string of the molecule is O=C(O)C1CCN(C(=O)Nc2c(F)cccc2Br)C1. The van der Waals surface area contributed by atoms with Gasteiger partial charge < -0.3 is 15.3 Å². The second-order valence-corrected chi connectivity index (χ2v) is 5.15. The van der Waals surface area contributed by atoms with E-state index in [1.165, 1.54) is 17.0 Å². The molecule has 0 bridgehead atoms. The van der Waals surface area contributed by atoms with Gasteiger partial charge in [-0.25, -0.2) is 9.18 Å². The van der Waals surface area contributed by atoms with Crippen molar-refractivity contribution in [1.29, 1.82) is 0 Å². The minimum atomic E-state index is -0.914. The molecule has 1 aromatic rings. The normalized spacial score (nSPS) is 18.4. The summed E-state index contributed by atoms with van der Waals surface area (Å²) in [5.41, 5.74) is 0.0614. The third-order valence-corrected chi connectivity index (χ3v) is 3.68. The monoisotopic (exact) mass is 330 g/mol. The van der Waals surface area contributed by atoms with E-state index in [9.17, 15) is 14.0 Å². The number of anilines is 1. The van der Waals surface area contributed by atoms with Crippen LogP contribution in [0.3, 0.4) is 0 Å². The van der Waals surface area contributed by atoms with Gasteiger partial charge in [0.05, 0.1) is 11.6 Å². The van der Waals surface area contributed by atoms with Crippen LogP contribution in [0.25, 0.3) is 0 Å². The average Bonchev–Trinajstić information content (AvgIpc) is 2.83. The molecule has 1 aliphatic heterocycles. The first kappa shape index (κ1) is 13.8. The molecule has 0 radical (unpaired) electrons. The van der Waals surface area contributed by atoms with Crippen LogP contribution in [-0.2, 0) is 4.79 Å². The van der Waals surface area contributed by atoms with Gasteiger partial charge in [-0.05, 0) is 34.5 Å². The van der Waals surface area contributed by atoms with Crippen molar-refractivity contribution < 1.29 is 19.1 Å². The zero-order valence-corrected chi connectivity index (χ0v) is 11.5. The molecule has 1 unspecified atom stereocenters. The Morgan fingerprint density at radius 2 is 2.21 bits per heavy atom. The molecule has 5 nitrogen and oxygen atoms in total. The number of aliphatic carboxylic acids is 1. The highest BCUT2D eigenvalue weighted by molar-refractivity contribution is 9.10. The first-order valence-electron chi connectivity index (χ1n) is 5.72. The molecule has 1 heterocycles. The van der Waals surface area contributed by atoms with E-state index in [1.807, 2.05) is 0 Å². The van der Waals surface area contributed by atoms with E-state index in [2.05, 4.69) is 21.2 Å². The number of halogens is 2. The number of rotatable bonds is 2. The fourth-order valence-corrected chi connectivity index (χ4v) is 2.39. The number of para-hydroxylation sites is 1. The Balaban J connectivity index is 2.04. The van der Waals surface area contributed by atoms with Crippen molar-refractivity contribution in [3.63, 3.8) is 0 Å². The summed E-state index contributed by atoms with van der Waals surface area (Å²) >= 11 is 3.15. The number of carboxylic acid groups (broad SMARTS) is 1. The summed E-state index contributed by atoms with van der Waals surface area (Å²) in [7, 11) is 0. The number of carboxylic acids is 1. The molecule has 102 valence electrons. The van der Waals surface area contributed by atoms with Gasteiger partial charge in [0.2, 0.25) is 0 Å². The first-order valence-corrected chi connectivity index (χ1v) is 6.51. The summed E-state index contributed by atoms with van der Waals surface area (Å²) in [5.74, 6) is -2.01. The van der Waals surface area contributed by atoms with Crippen LogP contribution in [0.5, 0.6) is 0 Å². The summed E-state index contributed by atoms with van der Waals surface area (Å²) in [6.45, 7) is 0.502. The molecule has 1 aliphatic rings. The van der Waals surface area contributed by atoms with Crippen LogP contribution < -0.4 is 5.32 Å². The lowest BCUT2D eigenvalue weighted by Gasteiger charge is -2.17. The van der Waals surface area contributed by atoms with E-state index in [1.54, 1.807) is 6.07 Å². The third-order valence-electron chi connectivity index (χ3n) is 3.02. The summed E-state index contributed by atoms with van der Waals surface area (Å²) < 4.78 is 14.0. The number of nitrogens with zero attached hydrogens (tertiary/aromatic N) is 1. The molecule has 1 aromatic carbocycles. The van der Waals surface area contributed by atoms with E-state index >= 15 is 0 Å². The summed E-state index contributed by atoms with van der Waals surface area (Å²) in [6.07, 6.45) is 0.418. The lowest BCUT2D eigenvalue weighted by molar-refractivity contribution is -0.141. The quantitative estimate of drug-likeness (QED) is 0.875. The minimum Gasteiger partial charge on any atom is -0.481 e. The highest BCUT2D eigenvalue weighted by atomic mass is 79.9. The van der Waals surface area contributed by atoms with Crippen molar-refractivity contribution in [2.75, 3.05) is 18.4 Å². The van der Waals surface area contributed by atoms with Gasteiger partial charge in [0, 0.05) is 17.6 Å². The van der Waals surface area contributed by atoms with Crippen LogP contribution in [0.15, 0.2) is 22.7 Å². The van der Waals surface area contributed by atoms with Gasteiger partial charge in [0.25, 0.3) is 0 Å². The average molecular weight is 331 g/mol. The van der Waals surface area contributed by atoms with E-state index in [-0.39, 0.29) is 12.2 Å². The number of amides is 2. The van der Waals surface area contributed by atoms with Crippen molar-refractivity contribution >= 4 is 33.6 Å². The zero-order valence-electron chi connectivity index (χ0n) is 9.90. The molecular weight excluding hydrogens is 319 g/mol. The number of carbonyl (C=O) groups excluding carboxylic acids is 1. The second kappa shape index (κ2) is 5.56. The Bertz CT molecular complexity index is 503. The van der Waals surface area contributed by atoms with E-state index in [4.69, 9.17) is 5.11 Å². The molecular formula is C12H12BrFN2O3. The van der Waals surface area contributed by atoms with Crippen molar-refractivity contribution in [2.24, 2.45) is 5.92 Å². The van der Waals surface area contributed by atoms with Gasteiger partial charge in [-0.2, -0.15) is 0 Å². The van der Waals surface area contributed by atoms with Crippen molar-refractivity contribution in [1.82, 2.24) is 4.90 Å². The lowest BCUT2D eigenvalue weighted by atomic mass is 10.1. The van der Waals surface area contributed by atoms with Crippen molar-refractivity contribution in [3.05, 3.63) is 28.5 Å². The Morgan fingerprint density at radius 3 is 2.79 bits per heavy atom. The molecule has 1 atom stereocenters. The van der Waals surface area contributed by atoms with Crippen molar-refractivity contribution in [3.8, 4) is 0 Å². The molecule has 2 amide bonds. The highest BCUT2D eigenvalue weighted by Crippen LogP contribution is 2.26. The number of benzene rings is 1. The maximum absolute atomic E-state index is 13.5. The summed E-state index contributed by atoms with van der Waals surface area (Å²) in [5, 5.41) is 11.3. The Kier molecular flexibility index (Phi) is 4.04. The van der Waals surface area contributed by atoms with Gasteiger partial charge in [-0.15, -0.1) is 0 Å². The number of carbonyl (C=O) groups is 2. The third kappa shape index (κ3) is 3.04. The predicted octanol–water partition coefficient (Wildman–Crippen LogP) is 2.53. The number of urea groups is 1. The lowest BCUT2D eigenvalue weighted by Crippen LogP contribution is -2.34. The minimum absolute atomic E-state index is 0.0614. The summed E-state index contributed by atoms with van der Waals surface area (Å²) in [4.78, 5) is 24.1. The molecule has 0 aliphatic carbocycles. The molecule has 1 fully saturated rings. The molecule has 1 saturated heterocycles. The van der Waals surface area contributed by atoms with Crippen LogP contribution in [0.4, 0.5) is 14.9 Å². The first-order chi connectivity index (χ1) is 8.99. The van der Waals surface area contributed by atoms with Gasteiger partial charge >= 0.3 is 12.0 Å². The molecule has 0 spiro atoms. The topological polar surface area (TPSA) is 69.6 Å². The van der Waals surface area contributed by atoms with Crippen LogP contribution in [0.2, 0.25) is 0 Å². The van der Waals surface area contributed by atoms with E-state index in [0.717, 1.165) is 0 Å². The molecule has 0 aromatic heterocycles. The Hall–Kier alpha value is -1.63. The zero-order chi connectivity index (χ0) is 14.0. The van der Waals surface area contributed by atoms with Crippen LogP contribution in [-0.4, -0.2) is 35.1 Å².